The first-order valence-electron chi connectivity index (χ1n) is 4.02. The van der Waals surface area contributed by atoms with Crippen LogP contribution in [0.3, 0.4) is 0 Å². The zero-order valence-electron chi connectivity index (χ0n) is 7.71. The minimum absolute atomic E-state index is 0.896. The van der Waals surface area contributed by atoms with Gasteiger partial charge in [0.05, 0.1) is 12.6 Å². The lowest BCUT2D eigenvalue weighted by Gasteiger charge is -1.99. The third-order valence-electron chi connectivity index (χ3n) is 1.77. The van der Waals surface area contributed by atoms with Crippen molar-refractivity contribution < 1.29 is 4.74 Å². The summed E-state index contributed by atoms with van der Waals surface area (Å²) in [5.74, 6) is 0.896. The van der Waals surface area contributed by atoms with Crippen molar-refractivity contribution >= 4 is 10.9 Å². The lowest BCUT2D eigenvalue weighted by Crippen LogP contribution is -1.82. The van der Waals surface area contributed by atoms with Gasteiger partial charge in [-0.05, 0) is 12.1 Å². The highest BCUT2D eigenvalue weighted by atomic mass is 16.5. The molecule has 2 rings (SSSR count). The Labute approximate surface area is 77.8 Å². The van der Waals surface area contributed by atoms with E-state index in [1.807, 2.05) is 30.5 Å². The summed E-state index contributed by atoms with van der Waals surface area (Å²) in [7, 11) is 1.68. The van der Waals surface area contributed by atoms with E-state index >= 15 is 0 Å². The number of nitrogens with one attached hydrogen (secondary N) is 1. The summed E-state index contributed by atoms with van der Waals surface area (Å²) < 4.78 is 5.15. The summed E-state index contributed by atoms with van der Waals surface area (Å²) in [6.07, 6.45) is 1.91. The number of fused-ring (bicyclic) bond motifs is 1. The third-order valence-corrected chi connectivity index (χ3v) is 1.77. The molecular weight excluding hydrogens is 162 g/mol. The van der Waals surface area contributed by atoms with E-state index in [4.69, 9.17) is 4.74 Å². The summed E-state index contributed by atoms with van der Waals surface area (Å²) >= 11 is 0. The van der Waals surface area contributed by atoms with E-state index in [9.17, 15) is 0 Å². The van der Waals surface area contributed by atoms with E-state index < -0.39 is 0 Å². The Hall–Kier alpha value is -1.70. The summed E-state index contributed by atoms with van der Waals surface area (Å²) in [6, 6.07) is 8.00. The molecule has 0 unspecified atom stereocenters. The van der Waals surface area contributed by atoms with E-state index in [0.29, 0.717) is 0 Å². The molecule has 1 aromatic carbocycles. The maximum Gasteiger partial charge on any atom is 0.142 e. The van der Waals surface area contributed by atoms with E-state index in [1.165, 1.54) is 5.39 Å². The topological polar surface area (TPSA) is 25.0 Å². The van der Waals surface area contributed by atoms with Gasteiger partial charge in [0, 0.05) is 11.6 Å². The van der Waals surface area contributed by atoms with Crippen molar-refractivity contribution in [2.75, 3.05) is 7.11 Å². The van der Waals surface area contributed by atoms with Gasteiger partial charge in [-0.15, -0.1) is 13.2 Å². The molecule has 0 aliphatic carbocycles. The van der Waals surface area contributed by atoms with Gasteiger partial charge in [-0.25, -0.2) is 0 Å². The maximum atomic E-state index is 5.15. The average Bonchev–Trinajstić information content (AvgIpc) is 2.68. The fraction of sp³-hybridized carbons (Fsp3) is 0.0909. The Bertz CT molecular complexity index is 378. The number of para-hydroxylation sites is 1. The molecule has 0 bridgehead atoms. The van der Waals surface area contributed by atoms with Crippen LogP contribution in [0.25, 0.3) is 10.9 Å². The van der Waals surface area contributed by atoms with Crippen LogP contribution in [0.5, 0.6) is 5.75 Å². The normalized spacial score (nSPS) is 9.00. The molecule has 0 saturated heterocycles. The van der Waals surface area contributed by atoms with Crippen LogP contribution in [0.15, 0.2) is 43.6 Å². The SMILES string of the molecule is C=C.COc1cccc2cc[nH]c12. The first kappa shape index (κ1) is 9.39. The number of aromatic amines is 1. The first-order valence-corrected chi connectivity index (χ1v) is 4.02. The molecule has 0 aliphatic heterocycles. The monoisotopic (exact) mass is 175 g/mol. The minimum Gasteiger partial charge on any atom is -0.495 e. The lowest BCUT2D eigenvalue weighted by atomic mass is 10.2. The molecule has 1 aromatic heterocycles. The van der Waals surface area contributed by atoms with Gasteiger partial charge in [-0.2, -0.15) is 0 Å². The van der Waals surface area contributed by atoms with Crippen LogP contribution in [-0.4, -0.2) is 12.1 Å². The molecule has 0 saturated carbocycles. The van der Waals surface area contributed by atoms with Crippen molar-refractivity contribution in [2.45, 2.75) is 0 Å². The number of hydrogen-bond acceptors (Lipinski definition) is 1. The van der Waals surface area contributed by atoms with Gasteiger partial charge < -0.3 is 9.72 Å². The van der Waals surface area contributed by atoms with E-state index in [0.717, 1.165) is 11.3 Å². The van der Waals surface area contributed by atoms with Gasteiger partial charge in [0.15, 0.2) is 0 Å². The van der Waals surface area contributed by atoms with Crippen molar-refractivity contribution in [1.82, 2.24) is 4.98 Å². The van der Waals surface area contributed by atoms with Crippen molar-refractivity contribution in [1.29, 1.82) is 0 Å². The lowest BCUT2D eigenvalue weighted by molar-refractivity contribution is 0.419. The molecule has 68 valence electrons. The van der Waals surface area contributed by atoms with Crippen molar-refractivity contribution in [2.24, 2.45) is 0 Å². The maximum absolute atomic E-state index is 5.15. The second kappa shape index (κ2) is 4.36. The standard InChI is InChI=1S/C9H9NO.C2H4/c1-11-8-4-2-3-7-5-6-10-9(7)8;1-2/h2-6,10H,1H3;1-2H2. The smallest absolute Gasteiger partial charge is 0.142 e. The summed E-state index contributed by atoms with van der Waals surface area (Å²) in [4.78, 5) is 3.11. The van der Waals surface area contributed by atoms with Crippen LogP contribution >= 0.6 is 0 Å². The summed E-state index contributed by atoms with van der Waals surface area (Å²) in [6.45, 7) is 6.00. The van der Waals surface area contributed by atoms with Gasteiger partial charge in [-0.3, -0.25) is 0 Å². The number of benzene rings is 1. The zero-order chi connectivity index (χ0) is 9.68. The number of H-pyrrole nitrogens is 1. The molecule has 2 aromatic rings. The minimum atomic E-state index is 0.896. The Balaban J connectivity index is 0.000000396. The second-order valence-corrected chi connectivity index (χ2v) is 2.40. The van der Waals surface area contributed by atoms with Gasteiger partial charge in [0.2, 0.25) is 0 Å². The summed E-state index contributed by atoms with van der Waals surface area (Å²) in [5.41, 5.74) is 1.06. The summed E-state index contributed by atoms with van der Waals surface area (Å²) in [5, 5.41) is 1.18. The molecule has 2 nitrogen and oxygen atoms in total. The molecule has 1 N–H and O–H groups in total. The predicted octanol–water partition coefficient (Wildman–Crippen LogP) is 2.98. The molecule has 0 radical (unpaired) electrons. The molecule has 0 spiro atoms. The quantitative estimate of drug-likeness (QED) is 0.662. The number of aromatic nitrogens is 1. The Morgan fingerprint density at radius 2 is 2.00 bits per heavy atom. The third kappa shape index (κ3) is 1.72. The number of hydrogen-bond donors (Lipinski definition) is 1. The van der Waals surface area contributed by atoms with Crippen LogP contribution < -0.4 is 4.74 Å². The molecule has 0 amide bonds. The Morgan fingerprint density at radius 3 is 2.69 bits per heavy atom. The van der Waals surface area contributed by atoms with E-state index in [1.54, 1.807) is 7.11 Å². The largest absolute Gasteiger partial charge is 0.495 e. The van der Waals surface area contributed by atoms with Crippen molar-refractivity contribution in [3.8, 4) is 5.75 Å². The van der Waals surface area contributed by atoms with E-state index in [-0.39, 0.29) is 0 Å². The van der Waals surface area contributed by atoms with Crippen molar-refractivity contribution in [3.63, 3.8) is 0 Å². The van der Waals surface area contributed by atoms with E-state index in [2.05, 4.69) is 18.1 Å². The number of rotatable bonds is 1. The number of methoxy groups -OCH3 is 1. The second-order valence-electron chi connectivity index (χ2n) is 2.40. The molecule has 0 aliphatic rings. The molecule has 13 heavy (non-hydrogen) atoms. The molecule has 0 fully saturated rings. The van der Waals surface area contributed by atoms with Crippen molar-refractivity contribution in [3.05, 3.63) is 43.6 Å². The van der Waals surface area contributed by atoms with Crippen LogP contribution in [0.2, 0.25) is 0 Å². The van der Waals surface area contributed by atoms with Crippen LogP contribution in [0, 0.1) is 0 Å². The molecule has 0 atom stereocenters. The Morgan fingerprint density at radius 1 is 1.23 bits per heavy atom. The predicted molar refractivity (Wildman–Crippen MR) is 56.1 cm³/mol. The van der Waals surface area contributed by atoms with Gasteiger partial charge in [-0.1, -0.05) is 12.1 Å². The van der Waals surface area contributed by atoms with Gasteiger partial charge in [0.1, 0.15) is 5.75 Å². The number of ether oxygens (including phenoxy) is 1. The highest BCUT2D eigenvalue weighted by molar-refractivity contribution is 5.84. The van der Waals surface area contributed by atoms with Crippen LogP contribution in [0.1, 0.15) is 0 Å². The fourth-order valence-corrected chi connectivity index (χ4v) is 1.23. The first-order chi connectivity index (χ1) is 6.42. The van der Waals surface area contributed by atoms with Gasteiger partial charge in [0.25, 0.3) is 0 Å². The highest BCUT2D eigenvalue weighted by Crippen LogP contribution is 2.22. The zero-order valence-corrected chi connectivity index (χ0v) is 7.71. The van der Waals surface area contributed by atoms with Gasteiger partial charge >= 0.3 is 0 Å². The Kier molecular flexibility index (Phi) is 3.15. The van der Waals surface area contributed by atoms with Crippen LogP contribution in [0.4, 0.5) is 0 Å². The molecular formula is C11H13NO. The fourth-order valence-electron chi connectivity index (χ4n) is 1.23. The molecule has 2 heteroatoms. The average molecular weight is 175 g/mol. The van der Waals surface area contributed by atoms with Crippen LogP contribution in [-0.2, 0) is 0 Å². The molecule has 1 heterocycles. The highest BCUT2D eigenvalue weighted by Gasteiger charge is 1.98.